The molecule has 4 heteroatoms. The maximum atomic E-state index is 10.7. The smallest absolute Gasteiger partial charge is 0.321 e. The Kier molecular flexibility index (Phi) is 3.35. The quantitative estimate of drug-likeness (QED) is 0.804. The van der Waals surface area contributed by atoms with E-state index in [2.05, 4.69) is 0 Å². The first-order valence-corrected chi connectivity index (χ1v) is 8.28. The van der Waals surface area contributed by atoms with Crippen molar-refractivity contribution in [1.29, 1.82) is 0 Å². The van der Waals surface area contributed by atoms with Crippen LogP contribution in [0.3, 0.4) is 0 Å². The van der Waals surface area contributed by atoms with Crippen molar-refractivity contribution in [1.82, 2.24) is 0 Å². The van der Waals surface area contributed by atoms with E-state index in [0.717, 1.165) is 23.5 Å². The Labute approximate surface area is 113 Å². The van der Waals surface area contributed by atoms with E-state index in [1.807, 2.05) is 0 Å². The fourth-order valence-corrected chi connectivity index (χ4v) is 6.24. The van der Waals surface area contributed by atoms with E-state index < -0.39 is 12.0 Å². The Hall–Kier alpha value is -0.220. The van der Waals surface area contributed by atoms with E-state index in [1.165, 1.54) is 38.5 Å². The standard InChI is InChI=1S/C14H23NO2S/c15-12(13(16)17)7-18-8-14-4-9-1-10(5-14)3-11(2-9)6-14/h9-12H,1-8,15H2,(H,16,17)/t9?,10?,11?,12-,14?/m0/s1. The fraction of sp³-hybridized carbons (Fsp3) is 0.929. The van der Waals surface area contributed by atoms with Crippen molar-refractivity contribution >= 4 is 17.7 Å². The van der Waals surface area contributed by atoms with Crippen LogP contribution in [0.4, 0.5) is 0 Å². The lowest BCUT2D eigenvalue weighted by molar-refractivity contribution is -0.137. The first-order chi connectivity index (χ1) is 8.56. The molecule has 18 heavy (non-hydrogen) atoms. The third-order valence-corrected chi connectivity index (χ3v) is 6.60. The second-order valence-electron chi connectivity index (χ2n) is 6.88. The van der Waals surface area contributed by atoms with Crippen molar-refractivity contribution in [3.8, 4) is 0 Å². The largest absolute Gasteiger partial charge is 0.480 e. The second-order valence-corrected chi connectivity index (χ2v) is 7.91. The summed E-state index contributed by atoms with van der Waals surface area (Å²) in [6, 6.07) is -0.691. The van der Waals surface area contributed by atoms with Gasteiger partial charge in [-0.3, -0.25) is 4.79 Å². The molecule has 0 aromatic rings. The molecule has 0 heterocycles. The zero-order chi connectivity index (χ0) is 12.8. The summed E-state index contributed by atoms with van der Waals surface area (Å²) >= 11 is 1.77. The summed E-state index contributed by atoms with van der Waals surface area (Å²) in [7, 11) is 0. The van der Waals surface area contributed by atoms with Crippen LogP contribution < -0.4 is 5.73 Å². The van der Waals surface area contributed by atoms with Gasteiger partial charge >= 0.3 is 5.97 Å². The number of thioether (sulfide) groups is 1. The van der Waals surface area contributed by atoms with Crippen molar-refractivity contribution in [3.63, 3.8) is 0 Å². The van der Waals surface area contributed by atoms with E-state index in [9.17, 15) is 4.79 Å². The summed E-state index contributed by atoms with van der Waals surface area (Å²) < 4.78 is 0. The molecule has 3 N–H and O–H groups in total. The van der Waals surface area contributed by atoms with E-state index in [4.69, 9.17) is 10.8 Å². The Morgan fingerprint density at radius 1 is 1.22 bits per heavy atom. The number of nitrogens with two attached hydrogens (primary N) is 1. The molecule has 4 rings (SSSR count). The number of carboxylic acids is 1. The third kappa shape index (κ3) is 2.42. The second kappa shape index (κ2) is 4.71. The highest BCUT2D eigenvalue weighted by atomic mass is 32.2. The molecule has 4 saturated carbocycles. The highest BCUT2D eigenvalue weighted by Crippen LogP contribution is 2.60. The average Bonchev–Trinajstić information content (AvgIpc) is 2.26. The first-order valence-electron chi connectivity index (χ1n) is 7.12. The lowest BCUT2D eigenvalue weighted by Crippen LogP contribution is -2.47. The van der Waals surface area contributed by atoms with E-state index in [0.29, 0.717) is 11.2 Å². The predicted molar refractivity (Wildman–Crippen MR) is 73.5 cm³/mol. The molecule has 0 aromatic carbocycles. The van der Waals surface area contributed by atoms with Crippen LogP contribution in [0.5, 0.6) is 0 Å². The minimum Gasteiger partial charge on any atom is -0.480 e. The van der Waals surface area contributed by atoms with E-state index in [-0.39, 0.29) is 0 Å². The molecular formula is C14H23NO2S. The summed E-state index contributed by atoms with van der Waals surface area (Å²) in [4.78, 5) is 10.7. The van der Waals surface area contributed by atoms with Crippen LogP contribution in [0.25, 0.3) is 0 Å². The minimum atomic E-state index is -0.868. The molecule has 0 radical (unpaired) electrons. The van der Waals surface area contributed by atoms with Crippen LogP contribution in [0.2, 0.25) is 0 Å². The van der Waals surface area contributed by atoms with Gasteiger partial charge in [-0.2, -0.15) is 11.8 Å². The lowest BCUT2D eigenvalue weighted by atomic mass is 9.50. The van der Waals surface area contributed by atoms with Gasteiger partial charge in [0, 0.05) is 5.75 Å². The van der Waals surface area contributed by atoms with Gasteiger partial charge in [0.25, 0.3) is 0 Å². The van der Waals surface area contributed by atoms with Crippen LogP contribution in [-0.2, 0) is 4.79 Å². The fourth-order valence-electron chi connectivity index (χ4n) is 4.94. The molecular weight excluding hydrogens is 246 g/mol. The van der Waals surface area contributed by atoms with Crippen LogP contribution in [0, 0.1) is 23.2 Å². The summed E-state index contributed by atoms with van der Waals surface area (Å²) in [6.45, 7) is 0. The molecule has 0 amide bonds. The molecule has 4 aliphatic rings. The maximum Gasteiger partial charge on any atom is 0.321 e. The zero-order valence-electron chi connectivity index (χ0n) is 10.8. The number of aliphatic carboxylic acids is 1. The molecule has 4 fully saturated rings. The van der Waals surface area contributed by atoms with Gasteiger partial charge in [0.15, 0.2) is 0 Å². The van der Waals surface area contributed by atoms with Crippen molar-refractivity contribution in [3.05, 3.63) is 0 Å². The molecule has 0 unspecified atom stereocenters. The first kappa shape index (κ1) is 12.8. The minimum absolute atomic E-state index is 0.539. The molecule has 3 nitrogen and oxygen atoms in total. The van der Waals surface area contributed by atoms with Crippen molar-refractivity contribution in [2.75, 3.05) is 11.5 Å². The Balaban J connectivity index is 1.54. The SMILES string of the molecule is N[C@@H](CSCC12CC3CC(CC(C3)C1)C2)C(=O)O. The van der Waals surface area contributed by atoms with Gasteiger partial charge in [-0.05, 0) is 67.4 Å². The van der Waals surface area contributed by atoms with Crippen molar-refractivity contribution in [2.24, 2.45) is 28.9 Å². The molecule has 0 aromatic heterocycles. The van der Waals surface area contributed by atoms with E-state index >= 15 is 0 Å². The molecule has 0 aliphatic heterocycles. The zero-order valence-corrected chi connectivity index (χ0v) is 11.6. The third-order valence-electron chi connectivity index (χ3n) is 5.19. The highest BCUT2D eigenvalue weighted by Gasteiger charge is 2.50. The number of rotatable bonds is 5. The Morgan fingerprint density at radius 3 is 2.17 bits per heavy atom. The molecule has 0 saturated heterocycles. The van der Waals surface area contributed by atoms with Crippen LogP contribution in [0.15, 0.2) is 0 Å². The number of carboxylic acid groups (broad SMARTS) is 1. The van der Waals surface area contributed by atoms with Gasteiger partial charge in [-0.15, -0.1) is 0 Å². The predicted octanol–water partition coefficient (Wildman–Crippen LogP) is 2.35. The van der Waals surface area contributed by atoms with Crippen LogP contribution >= 0.6 is 11.8 Å². The Morgan fingerprint density at radius 2 is 1.72 bits per heavy atom. The maximum absolute atomic E-state index is 10.7. The highest BCUT2D eigenvalue weighted by molar-refractivity contribution is 7.99. The number of hydrogen-bond acceptors (Lipinski definition) is 3. The molecule has 102 valence electrons. The molecule has 1 atom stereocenters. The lowest BCUT2D eigenvalue weighted by Gasteiger charge is -2.57. The van der Waals surface area contributed by atoms with Gasteiger partial charge < -0.3 is 10.8 Å². The summed E-state index contributed by atoms with van der Waals surface area (Å²) in [5.41, 5.74) is 6.11. The van der Waals surface area contributed by atoms with Crippen molar-refractivity contribution < 1.29 is 9.90 Å². The van der Waals surface area contributed by atoms with Crippen LogP contribution in [0.1, 0.15) is 38.5 Å². The topological polar surface area (TPSA) is 63.3 Å². The van der Waals surface area contributed by atoms with Crippen LogP contribution in [-0.4, -0.2) is 28.6 Å². The Bertz CT molecular complexity index is 309. The summed E-state index contributed by atoms with van der Waals surface area (Å²) in [5.74, 6) is 3.77. The van der Waals surface area contributed by atoms with E-state index in [1.54, 1.807) is 11.8 Å². The van der Waals surface area contributed by atoms with Crippen molar-refractivity contribution in [2.45, 2.75) is 44.6 Å². The average molecular weight is 269 g/mol. The van der Waals surface area contributed by atoms with Gasteiger partial charge in [-0.25, -0.2) is 0 Å². The number of hydrogen-bond donors (Lipinski definition) is 2. The van der Waals surface area contributed by atoms with Gasteiger partial charge in [0.2, 0.25) is 0 Å². The monoisotopic (exact) mass is 269 g/mol. The van der Waals surface area contributed by atoms with Gasteiger partial charge in [0.05, 0.1) is 0 Å². The van der Waals surface area contributed by atoms with Gasteiger partial charge in [-0.1, -0.05) is 0 Å². The molecule has 4 aliphatic carbocycles. The molecule has 4 bridgehead atoms. The normalized spacial score (nSPS) is 43.1. The summed E-state index contributed by atoms with van der Waals surface area (Å²) in [5, 5.41) is 8.80. The summed E-state index contributed by atoms with van der Waals surface area (Å²) in [6.07, 6.45) is 8.60. The molecule has 0 spiro atoms. The van der Waals surface area contributed by atoms with Gasteiger partial charge in [0.1, 0.15) is 6.04 Å². The number of carbonyl (C=O) groups is 1.